The van der Waals surface area contributed by atoms with Crippen molar-refractivity contribution in [2.75, 3.05) is 26.3 Å². The predicted molar refractivity (Wildman–Crippen MR) is 90.3 cm³/mol. The van der Waals surface area contributed by atoms with Crippen molar-refractivity contribution in [3.63, 3.8) is 0 Å². The molecule has 2 heterocycles. The lowest BCUT2D eigenvalue weighted by atomic mass is 10.2. The number of amidine groups is 1. The SMILES string of the molecule is c1ccc(OCCCOc2ncccc2C2=NCCCN2)cc1. The van der Waals surface area contributed by atoms with Crippen molar-refractivity contribution >= 4 is 5.84 Å². The third-order valence-electron chi connectivity index (χ3n) is 3.46. The number of rotatable bonds is 7. The van der Waals surface area contributed by atoms with Crippen LogP contribution >= 0.6 is 0 Å². The van der Waals surface area contributed by atoms with Gasteiger partial charge in [-0.25, -0.2) is 4.98 Å². The van der Waals surface area contributed by atoms with E-state index in [2.05, 4.69) is 15.3 Å². The van der Waals surface area contributed by atoms with Crippen LogP contribution in [0.25, 0.3) is 0 Å². The monoisotopic (exact) mass is 311 g/mol. The van der Waals surface area contributed by atoms with Gasteiger partial charge < -0.3 is 14.8 Å². The Bertz CT molecular complexity index is 644. The van der Waals surface area contributed by atoms with Crippen LogP contribution in [0.4, 0.5) is 0 Å². The van der Waals surface area contributed by atoms with E-state index in [0.717, 1.165) is 43.1 Å². The highest BCUT2D eigenvalue weighted by Crippen LogP contribution is 2.16. The van der Waals surface area contributed by atoms with Crippen LogP contribution in [0.3, 0.4) is 0 Å². The van der Waals surface area contributed by atoms with Gasteiger partial charge in [0, 0.05) is 25.7 Å². The highest BCUT2D eigenvalue weighted by atomic mass is 16.5. The Morgan fingerprint density at radius 1 is 1.00 bits per heavy atom. The van der Waals surface area contributed by atoms with Crippen LogP contribution < -0.4 is 14.8 Å². The smallest absolute Gasteiger partial charge is 0.224 e. The van der Waals surface area contributed by atoms with E-state index in [9.17, 15) is 0 Å². The van der Waals surface area contributed by atoms with Gasteiger partial charge in [-0.1, -0.05) is 18.2 Å². The van der Waals surface area contributed by atoms with E-state index < -0.39 is 0 Å². The van der Waals surface area contributed by atoms with Gasteiger partial charge in [0.1, 0.15) is 11.6 Å². The summed E-state index contributed by atoms with van der Waals surface area (Å²) in [6.07, 6.45) is 3.60. The lowest BCUT2D eigenvalue weighted by Crippen LogP contribution is -2.30. The molecule has 0 amide bonds. The Kier molecular flexibility index (Phi) is 5.45. The van der Waals surface area contributed by atoms with E-state index in [1.807, 2.05) is 42.5 Å². The van der Waals surface area contributed by atoms with Crippen molar-refractivity contribution in [1.29, 1.82) is 0 Å². The summed E-state index contributed by atoms with van der Waals surface area (Å²) >= 11 is 0. The molecule has 0 aliphatic carbocycles. The van der Waals surface area contributed by atoms with Crippen LogP contribution in [0.15, 0.2) is 53.7 Å². The second-order valence-corrected chi connectivity index (χ2v) is 5.23. The highest BCUT2D eigenvalue weighted by molar-refractivity contribution is 6.00. The number of nitrogens with zero attached hydrogens (tertiary/aromatic N) is 2. The molecule has 5 nitrogen and oxygen atoms in total. The Hall–Kier alpha value is -2.56. The minimum absolute atomic E-state index is 0.560. The molecule has 23 heavy (non-hydrogen) atoms. The van der Waals surface area contributed by atoms with E-state index in [1.165, 1.54) is 0 Å². The molecule has 0 unspecified atom stereocenters. The van der Waals surface area contributed by atoms with Crippen LogP contribution in [-0.4, -0.2) is 37.1 Å². The summed E-state index contributed by atoms with van der Waals surface area (Å²) in [4.78, 5) is 8.83. The van der Waals surface area contributed by atoms with E-state index in [-0.39, 0.29) is 0 Å². The number of benzene rings is 1. The largest absolute Gasteiger partial charge is 0.493 e. The fourth-order valence-electron chi connectivity index (χ4n) is 2.33. The number of hydrogen-bond donors (Lipinski definition) is 1. The lowest BCUT2D eigenvalue weighted by molar-refractivity contribution is 0.242. The molecule has 1 aromatic heterocycles. The van der Waals surface area contributed by atoms with E-state index in [4.69, 9.17) is 9.47 Å². The van der Waals surface area contributed by atoms with Gasteiger partial charge in [0.2, 0.25) is 5.88 Å². The summed E-state index contributed by atoms with van der Waals surface area (Å²) in [6.45, 7) is 2.97. The van der Waals surface area contributed by atoms with Crippen LogP contribution in [0.1, 0.15) is 18.4 Å². The van der Waals surface area contributed by atoms with Crippen molar-refractivity contribution < 1.29 is 9.47 Å². The number of ether oxygens (including phenoxy) is 2. The molecule has 1 aliphatic heterocycles. The molecule has 0 spiro atoms. The quantitative estimate of drug-likeness (QED) is 0.799. The van der Waals surface area contributed by atoms with Gasteiger partial charge in [0.25, 0.3) is 0 Å². The summed E-state index contributed by atoms with van der Waals surface area (Å²) in [7, 11) is 0. The molecule has 120 valence electrons. The molecule has 0 saturated heterocycles. The molecule has 0 atom stereocenters. The maximum Gasteiger partial charge on any atom is 0.224 e. The zero-order valence-electron chi connectivity index (χ0n) is 13.1. The van der Waals surface area contributed by atoms with E-state index >= 15 is 0 Å². The Morgan fingerprint density at radius 2 is 1.87 bits per heavy atom. The molecule has 5 heteroatoms. The Morgan fingerprint density at radius 3 is 2.70 bits per heavy atom. The first-order valence-corrected chi connectivity index (χ1v) is 7.98. The number of aromatic nitrogens is 1. The Balaban J connectivity index is 1.49. The number of nitrogens with one attached hydrogen (secondary N) is 1. The number of aliphatic imine (C=N–C) groups is 1. The van der Waals surface area contributed by atoms with Gasteiger partial charge in [-0.15, -0.1) is 0 Å². The summed E-state index contributed by atoms with van der Waals surface area (Å²) in [5.41, 5.74) is 0.927. The molecule has 0 bridgehead atoms. The first-order chi connectivity index (χ1) is 11.4. The first-order valence-electron chi connectivity index (χ1n) is 7.98. The molecule has 0 saturated carbocycles. The fourth-order valence-corrected chi connectivity index (χ4v) is 2.33. The van der Waals surface area contributed by atoms with Crippen molar-refractivity contribution in [2.24, 2.45) is 4.99 Å². The van der Waals surface area contributed by atoms with Crippen LogP contribution in [0, 0.1) is 0 Å². The van der Waals surface area contributed by atoms with Crippen molar-refractivity contribution in [3.8, 4) is 11.6 Å². The van der Waals surface area contributed by atoms with Gasteiger partial charge in [-0.2, -0.15) is 0 Å². The van der Waals surface area contributed by atoms with Crippen LogP contribution in [0.2, 0.25) is 0 Å². The maximum absolute atomic E-state index is 5.82. The summed E-state index contributed by atoms with van der Waals surface area (Å²) < 4.78 is 11.5. The minimum atomic E-state index is 0.560. The molecular weight excluding hydrogens is 290 g/mol. The molecule has 0 fully saturated rings. The summed E-state index contributed by atoms with van der Waals surface area (Å²) in [5, 5.41) is 3.30. The van der Waals surface area contributed by atoms with Crippen molar-refractivity contribution in [2.45, 2.75) is 12.8 Å². The summed E-state index contributed by atoms with van der Waals surface area (Å²) in [6, 6.07) is 13.7. The zero-order chi connectivity index (χ0) is 15.7. The molecule has 2 aromatic rings. The molecule has 1 aromatic carbocycles. The molecular formula is C18H21N3O2. The van der Waals surface area contributed by atoms with Gasteiger partial charge >= 0.3 is 0 Å². The van der Waals surface area contributed by atoms with Gasteiger partial charge in [-0.3, -0.25) is 4.99 Å². The van der Waals surface area contributed by atoms with E-state index in [0.29, 0.717) is 19.1 Å². The lowest BCUT2D eigenvalue weighted by Gasteiger charge is -2.17. The normalized spacial score (nSPS) is 13.8. The summed E-state index contributed by atoms with van der Waals surface area (Å²) in [5.74, 6) is 2.38. The second-order valence-electron chi connectivity index (χ2n) is 5.23. The molecule has 0 radical (unpaired) electrons. The first kappa shape index (κ1) is 15.3. The zero-order valence-corrected chi connectivity index (χ0v) is 13.1. The van der Waals surface area contributed by atoms with Crippen LogP contribution in [0.5, 0.6) is 11.6 Å². The topological polar surface area (TPSA) is 55.7 Å². The fraction of sp³-hybridized carbons (Fsp3) is 0.333. The number of para-hydroxylation sites is 1. The van der Waals surface area contributed by atoms with Crippen LogP contribution in [-0.2, 0) is 0 Å². The minimum Gasteiger partial charge on any atom is -0.493 e. The average molecular weight is 311 g/mol. The maximum atomic E-state index is 5.82. The number of hydrogen-bond acceptors (Lipinski definition) is 5. The third-order valence-corrected chi connectivity index (χ3v) is 3.46. The third kappa shape index (κ3) is 4.45. The molecule has 1 N–H and O–H groups in total. The average Bonchev–Trinajstić information content (AvgIpc) is 2.63. The van der Waals surface area contributed by atoms with Crippen molar-refractivity contribution in [3.05, 3.63) is 54.2 Å². The Labute approximate surface area is 136 Å². The highest BCUT2D eigenvalue weighted by Gasteiger charge is 2.13. The van der Waals surface area contributed by atoms with Crippen molar-refractivity contribution in [1.82, 2.24) is 10.3 Å². The molecule has 3 rings (SSSR count). The van der Waals surface area contributed by atoms with Gasteiger partial charge in [-0.05, 0) is 30.7 Å². The molecule has 1 aliphatic rings. The van der Waals surface area contributed by atoms with E-state index in [1.54, 1.807) is 6.20 Å². The number of pyridine rings is 1. The van der Waals surface area contributed by atoms with Gasteiger partial charge in [0.05, 0.1) is 18.8 Å². The standard InChI is InChI=1S/C18H21N3O2/c1-2-7-15(8-3-1)22-13-6-14-23-18-16(9-4-10-21-18)17-19-11-5-12-20-17/h1-4,7-10H,5-6,11-14H2,(H,19,20). The second kappa shape index (κ2) is 8.17. The predicted octanol–water partition coefficient (Wildman–Crippen LogP) is 2.67. The van der Waals surface area contributed by atoms with Gasteiger partial charge in [0.15, 0.2) is 0 Å².